The Hall–Kier alpha value is -3.40. The summed E-state index contributed by atoms with van der Waals surface area (Å²) in [5.41, 5.74) is 5.78. The third-order valence-corrected chi connectivity index (χ3v) is 5.52. The van der Waals surface area contributed by atoms with E-state index in [1.807, 2.05) is 72.8 Å². The van der Waals surface area contributed by atoms with Crippen molar-refractivity contribution < 1.29 is 5.11 Å². The summed E-state index contributed by atoms with van der Waals surface area (Å²) < 4.78 is 0. The molecule has 5 heteroatoms. The van der Waals surface area contributed by atoms with Crippen LogP contribution in [0.15, 0.2) is 85.1 Å². The van der Waals surface area contributed by atoms with E-state index in [0.717, 1.165) is 33.5 Å². The van der Waals surface area contributed by atoms with Crippen LogP contribution in [0.5, 0.6) is 5.88 Å². The SMILES string of the molecule is Oc1ncc(-c2cc(Cl)cc(Cl)c2)c2nc(-c3cc[c]cc3)c(-c3ccccc3)cc12. The molecule has 149 valence electrons. The van der Waals surface area contributed by atoms with Crippen LogP contribution in [0, 0.1) is 6.07 Å². The molecule has 31 heavy (non-hydrogen) atoms. The zero-order valence-electron chi connectivity index (χ0n) is 16.2. The molecule has 0 saturated heterocycles. The van der Waals surface area contributed by atoms with Crippen molar-refractivity contribution in [1.82, 2.24) is 9.97 Å². The number of pyridine rings is 2. The maximum atomic E-state index is 10.6. The van der Waals surface area contributed by atoms with Crippen molar-refractivity contribution in [3.05, 3.63) is 101 Å². The second kappa shape index (κ2) is 8.03. The highest BCUT2D eigenvalue weighted by atomic mass is 35.5. The fourth-order valence-corrected chi connectivity index (χ4v) is 4.19. The Labute approximate surface area is 189 Å². The highest BCUT2D eigenvalue weighted by Gasteiger charge is 2.17. The monoisotopic (exact) mass is 441 g/mol. The Bertz CT molecular complexity index is 1380. The summed E-state index contributed by atoms with van der Waals surface area (Å²) in [6.07, 6.45) is 1.59. The van der Waals surface area contributed by atoms with Gasteiger partial charge < -0.3 is 5.11 Å². The van der Waals surface area contributed by atoms with Gasteiger partial charge in [-0.15, -0.1) is 0 Å². The smallest absolute Gasteiger partial charge is 0.220 e. The Balaban J connectivity index is 1.87. The number of nitrogens with zero attached hydrogens (tertiary/aromatic N) is 2. The quantitative estimate of drug-likeness (QED) is 0.316. The van der Waals surface area contributed by atoms with E-state index in [-0.39, 0.29) is 5.88 Å². The van der Waals surface area contributed by atoms with E-state index in [1.54, 1.807) is 12.3 Å². The molecule has 0 aliphatic heterocycles. The van der Waals surface area contributed by atoms with E-state index in [0.29, 0.717) is 20.9 Å². The van der Waals surface area contributed by atoms with Gasteiger partial charge in [-0.1, -0.05) is 77.8 Å². The molecule has 0 spiro atoms. The average molecular weight is 442 g/mol. The van der Waals surface area contributed by atoms with E-state index < -0.39 is 0 Å². The van der Waals surface area contributed by atoms with Crippen LogP contribution in [0.25, 0.3) is 44.4 Å². The molecule has 0 aliphatic rings. The number of benzene rings is 3. The van der Waals surface area contributed by atoms with Crippen molar-refractivity contribution in [3.8, 4) is 39.4 Å². The summed E-state index contributed by atoms with van der Waals surface area (Å²) in [5.74, 6) is -0.0792. The van der Waals surface area contributed by atoms with E-state index in [9.17, 15) is 5.11 Å². The first-order valence-electron chi connectivity index (χ1n) is 9.61. The standard InChI is InChI=1S/C26H15Cl2N2O/c27-19-11-18(12-20(28)13-19)23-15-29-26(31)22-14-21(16-7-3-1-4-8-16)24(30-25(22)23)17-9-5-2-6-10-17/h1,3-15H,(H,29,31). The van der Waals surface area contributed by atoms with Crippen molar-refractivity contribution in [3.63, 3.8) is 0 Å². The van der Waals surface area contributed by atoms with Crippen molar-refractivity contribution in [2.24, 2.45) is 0 Å². The molecule has 2 aromatic heterocycles. The number of halogens is 2. The Morgan fingerprint density at radius 1 is 0.742 bits per heavy atom. The molecule has 5 rings (SSSR count). The van der Waals surface area contributed by atoms with Gasteiger partial charge in [0.05, 0.1) is 16.6 Å². The molecule has 3 aromatic carbocycles. The summed E-state index contributed by atoms with van der Waals surface area (Å²) in [6, 6.07) is 27.9. The predicted octanol–water partition coefficient (Wildman–Crippen LogP) is 7.44. The molecule has 0 atom stereocenters. The molecular formula is C26H15Cl2N2O. The topological polar surface area (TPSA) is 46.0 Å². The summed E-state index contributed by atoms with van der Waals surface area (Å²) in [4.78, 5) is 9.22. The van der Waals surface area contributed by atoms with E-state index in [1.165, 1.54) is 0 Å². The van der Waals surface area contributed by atoms with Crippen molar-refractivity contribution in [1.29, 1.82) is 0 Å². The molecule has 1 radical (unpaired) electrons. The first kappa shape index (κ1) is 19.6. The molecule has 0 amide bonds. The lowest BCUT2D eigenvalue weighted by atomic mass is 9.96. The average Bonchev–Trinajstić information content (AvgIpc) is 2.79. The molecule has 0 unspecified atom stereocenters. The van der Waals surface area contributed by atoms with E-state index in [4.69, 9.17) is 28.2 Å². The van der Waals surface area contributed by atoms with Crippen LogP contribution >= 0.6 is 23.2 Å². The Morgan fingerprint density at radius 3 is 2.16 bits per heavy atom. The summed E-state index contributed by atoms with van der Waals surface area (Å²) in [7, 11) is 0. The summed E-state index contributed by atoms with van der Waals surface area (Å²) in [6.45, 7) is 0. The van der Waals surface area contributed by atoms with Gasteiger partial charge in [-0.05, 0) is 41.5 Å². The van der Waals surface area contributed by atoms with Gasteiger partial charge in [0, 0.05) is 32.9 Å². The van der Waals surface area contributed by atoms with Crippen molar-refractivity contribution in [2.75, 3.05) is 0 Å². The Morgan fingerprint density at radius 2 is 1.45 bits per heavy atom. The van der Waals surface area contributed by atoms with Crippen LogP contribution in [0.1, 0.15) is 0 Å². The van der Waals surface area contributed by atoms with Gasteiger partial charge in [0.15, 0.2) is 0 Å². The lowest BCUT2D eigenvalue weighted by molar-refractivity contribution is 0.460. The number of aromatic nitrogens is 2. The molecular weight excluding hydrogens is 427 g/mol. The second-order valence-electron chi connectivity index (χ2n) is 7.09. The van der Waals surface area contributed by atoms with Gasteiger partial charge in [0.1, 0.15) is 0 Å². The number of fused-ring (bicyclic) bond motifs is 1. The van der Waals surface area contributed by atoms with Crippen molar-refractivity contribution in [2.45, 2.75) is 0 Å². The molecule has 0 saturated carbocycles. The fraction of sp³-hybridized carbons (Fsp3) is 0. The van der Waals surface area contributed by atoms with Gasteiger partial charge in [0.2, 0.25) is 5.88 Å². The lowest BCUT2D eigenvalue weighted by Gasteiger charge is -2.14. The van der Waals surface area contributed by atoms with Crippen LogP contribution in [0.3, 0.4) is 0 Å². The maximum absolute atomic E-state index is 10.6. The van der Waals surface area contributed by atoms with Crippen LogP contribution in [-0.2, 0) is 0 Å². The van der Waals surface area contributed by atoms with Crippen LogP contribution in [0.4, 0.5) is 0 Å². The molecule has 0 aliphatic carbocycles. The normalized spacial score (nSPS) is 11.0. The largest absolute Gasteiger partial charge is 0.493 e. The number of rotatable bonds is 3. The minimum atomic E-state index is -0.0792. The molecule has 5 aromatic rings. The predicted molar refractivity (Wildman–Crippen MR) is 126 cm³/mol. The summed E-state index contributed by atoms with van der Waals surface area (Å²) in [5, 5.41) is 12.2. The first-order valence-corrected chi connectivity index (χ1v) is 10.4. The van der Waals surface area contributed by atoms with Gasteiger partial charge >= 0.3 is 0 Å². The van der Waals surface area contributed by atoms with Crippen LogP contribution in [0.2, 0.25) is 10.0 Å². The van der Waals surface area contributed by atoms with Gasteiger partial charge in [-0.2, -0.15) is 0 Å². The van der Waals surface area contributed by atoms with Crippen LogP contribution < -0.4 is 0 Å². The van der Waals surface area contributed by atoms with Gasteiger partial charge in [-0.3, -0.25) is 0 Å². The first-order chi connectivity index (χ1) is 15.1. The van der Waals surface area contributed by atoms with E-state index >= 15 is 0 Å². The number of aromatic hydroxyl groups is 1. The lowest BCUT2D eigenvalue weighted by Crippen LogP contribution is -1.95. The van der Waals surface area contributed by atoms with Gasteiger partial charge in [0.25, 0.3) is 0 Å². The highest BCUT2D eigenvalue weighted by Crippen LogP contribution is 2.39. The highest BCUT2D eigenvalue weighted by molar-refractivity contribution is 6.35. The number of hydrogen-bond acceptors (Lipinski definition) is 3. The maximum Gasteiger partial charge on any atom is 0.220 e. The zero-order chi connectivity index (χ0) is 21.4. The molecule has 1 N–H and O–H groups in total. The fourth-order valence-electron chi connectivity index (χ4n) is 3.67. The Kier molecular flexibility index (Phi) is 5.06. The molecule has 0 fully saturated rings. The van der Waals surface area contributed by atoms with Crippen molar-refractivity contribution >= 4 is 34.1 Å². The number of hydrogen-bond donors (Lipinski definition) is 1. The van der Waals surface area contributed by atoms with E-state index in [2.05, 4.69) is 11.1 Å². The molecule has 0 bridgehead atoms. The molecule has 3 nitrogen and oxygen atoms in total. The molecule has 2 heterocycles. The minimum Gasteiger partial charge on any atom is -0.493 e. The third-order valence-electron chi connectivity index (χ3n) is 5.08. The summed E-state index contributed by atoms with van der Waals surface area (Å²) >= 11 is 12.5. The van der Waals surface area contributed by atoms with Crippen LogP contribution in [-0.4, -0.2) is 15.1 Å². The van der Waals surface area contributed by atoms with Gasteiger partial charge in [-0.25, -0.2) is 9.97 Å². The zero-order valence-corrected chi connectivity index (χ0v) is 17.7. The third kappa shape index (κ3) is 3.74. The minimum absolute atomic E-state index is 0.0792. The second-order valence-corrected chi connectivity index (χ2v) is 7.96.